The van der Waals surface area contributed by atoms with E-state index >= 15 is 0 Å². The molecule has 0 bridgehead atoms. The molecule has 4 N–H and O–H groups in total. The predicted molar refractivity (Wildman–Crippen MR) is 122 cm³/mol. The molecule has 3 rings (SSSR count). The smallest absolute Gasteiger partial charge is 0.282 e. The third-order valence-corrected chi connectivity index (χ3v) is 5.30. The van der Waals surface area contributed by atoms with Gasteiger partial charge in [-0.2, -0.15) is 0 Å². The van der Waals surface area contributed by atoms with Gasteiger partial charge in [-0.3, -0.25) is 19.7 Å². The summed E-state index contributed by atoms with van der Waals surface area (Å²) in [5, 5.41) is 29.6. The zero-order valence-electron chi connectivity index (χ0n) is 18.4. The molecule has 0 radical (unpaired) electrons. The molecule has 32 heavy (non-hydrogen) atoms. The van der Waals surface area contributed by atoms with Crippen LogP contribution in [0, 0.1) is 22.5 Å². The van der Waals surface area contributed by atoms with Gasteiger partial charge in [0, 0.05) is 47.6 Å². The Hall–Kier alpha value is -3.46. The van der Waals surface area contributed by atoms with Crippen LogP contribution in [0.25, 0.3) is 0 Å². The lowest BCUT2D eigenvalue weighted by atomic mass is 9.95. The van der Waals surface area contributed by atoms with Crippen LogP contribution >= 0.6 is 0 Å². The normalized spacial score (nSPS) is 13.4. The molecule has 1 aliphatic rings. The number of rotatable bonds is 9. The standard InChI is InChI=1S/C23H28N4O5/c1-14-4-5-15(21(29)25-16-6-7-16)10-19(14)26-22(30)18-11-17(8-9-20(18)27(31)32)24-12-23(2,3)13-28/h4-5,8-11,16,24,28H,6-7,12-13H2,1-3H3,(H,25,29)(H,26,30). The van der Waals surface area contributed by atoms with Gasteiger partial charge in [0.15, 0.2) is 0 Å². The summed E-state index contributed by atoms with van der Waals surface area (Å²) in [7, 11) is 0. The molecule has 0 unspecified atom stereocenters. The van der Waals surface area contributed by atoms with Crippen LogP contribution in [-0.2, 0) is 0 Å². The van der Waals surface area contributed by atoms with Gasteiger partial charge in [-0.05, 0) is 49.6 Å². The molecule has 2 amide bonds. The minimum atomic E-state index is -0.649. The lowest BCUT2D eigenvalue weighted by Crippen LogP contribution is -2.27. The highest BCUT2D eigenvalue weighted by molar-refractivity contribution is 6.08. The van der Waals surface area contributed by atoms with Gasteiger partial charge in [0.25, 0.3) is 17.5 Å². The molecule has 0 aromatic heterocycles. The number of hydrogen-bond donors (Lipinski definition) is 4. The summed E-state index contributed by atoms with van der Waals surface area (Å²) < 4.78 is 0. The summed E-state index contributed by atoms with van der Waals surface area (Å²) in [6.07, 6.45) is 1.93. The molecule has 0 saturated heterocycles. The van der Waals surface area contributed by atoms with E-state index in [9.17, 15) is 24.8 Å². The molecule has 170 valence electrons. The number of aliphatic hydroxyl groups is 1. The number of nitrogens with one attached hydrogen (secondary N) is 3. The van der Waals surface area contributed by atoms with Crippen molar-refractivity contribution in [3.05, 3.63) is 63.2 Å². The van der Waals surface area contributed by atoms with Gasteiger partial charge < -0.3 is 21.1 Å². The first-order valence-electron chi connectivity index (χ1n) is 10.5. The maximum Gasteiger partial charge on any atom is 0.282 e. The van der Waals surface area contributed by atoms with Crippen molar-refractivity contribution >= 4 is 28.9 Å². The number of nitrogens with zero attached hydrogens (tertiary/aromatic N) is 1. The summed E-state index contributed by atoms with van der Waals surface area (Å²) in [5.41, 5.74) is 1.24. The number of anilines is 2. The first-order valence-corrected chi connectivity index (χ1v) is 10.5. The third-order valence-electron chi connectivity index (χ3n) is 5.30. The lowest BCUT2D eigenvalue weighted by molar-refractivity contribution is -0.385. The van der Waals surface area contributed by atoms with Crippen molar-refractivity contribution in [1.29, 1.82) is 0 Å². The molecule has 0 atom stereocenters. The molecule has 0 heterocycles. The van der Waals surface area contributed by atoms with Crippen LogP contribution in [0.3, 0.4) is 0 Å². The number of carbonyl (C=O) groups excluding carboxylic acids is 2. The number of hydrogen-bond acceptors (Lipinski definition) is 6. The Morgan fingerprint density at radius 3 is 2.50 bits per heavy atom. The van der Waals surface area contributed by atoms with Gasteiger partial charge in [0.1, 0.15) is 5.56 Å². The third kappa shape index (κ3) is 5.82. The van der Waals surface area contributed by atoms with E-state index in [0.29, 0.717) is 23.5 Å². The Morgan fingerprint density at radius 1 is 1.16 bits per heavy atom. The second kappa shape index (κ2) is 9.35. The number of carbonyl (C=O) groups is 2. The van der Waals surface area contributed by atoms with Crippen molar-refractivity contribution in [2.24, 2.45) is 5.41 Å². The van der Waals surface area contributed by atoms with Crippen molar-refractivity contribution in [2.75, 3.05) is 23.8 Å². The van der Waals surface area contributed by atoms with Crippen LogP contribution < -0.4 is 16.0 Å². The molecule has 9 heteroatoms. The molecule has 1 saturated carbocycles. The Balaban J connectivity index is 1.83. The van der Waals surface area contributed by atoms with E-state index in [1.54, 1.807) is 25.1 Å². The van der Waals surface area contributed by atoms with Crippen LogP contribution in [0.2, 0.25) is 0 Å². The number of amides is 2. The van der Waals surface area contributed by atoms with Gasteiger partial charge in [-0.25, -0.2) is 0 Å². The van der Waals surface area contributed by atoms with Gasteiger partial charge in [0.05, 0.1) is 4.92 Å². The Bertz CT molecular complexity index is 1050. The van der Waals surface area contributed by atoms with Crippen molar-refractivity contribution < 1.29 is 19.6 Å². The maximum atomic E-state index is 13.0. The minimum absolute atomic E-state index is 0.0374. The molecule has 1 aliphatic carbocycles. The Morgan fingerprint density at radius 2 is 1.88 bits per heavy atom. The number of aryl methyl sites for hydroxylation is 1. The molecule has 0 spiro atoms. The number of benzene rings is 2. The number of aliphatic hydroxyl groups excluding tert-OH is 1. The van der Waals surface area contributed by atoms with Crippen LogP contribution in [0.4, 0.5) is 17.1 Å². The van der Waals surface area contributed by atoms with Gasteiger partial charge in [0.2, 0.25) is 0 Å². The molecular formula is C23H28N4O5. The highest BCUT2D eigenvalue weighted by Gasteiger charge is 2.25. The second-order valence-electron chi connectivity index (χ2n) is 8.90. The highest BCUT2D eigenvalue weighted by atomic mass is 16.6. The van der Waals surface area contributed by atoms with Crippen LogP contribution in [0.1, 0.15) is 53.0 Å². The summed E-state index contributed by atoms with van der Waals surface area (Å²) >= 11 is 0. The van der Waals surface area contributed by atoms with Crippen LogP contribution in [0.15, 0.2) is 36.4 Å². The maximum absolute atomic E-state index is 13.0. The van der Waals surface area contributed by atoms with Crippen molar-refractivity contribution in [3.8, 4) is 0 Å². The topological polar surface area (TPSA) is 134 Å². The Labute approximate surface area is 186 Å². The molecule has 0 aliphatic heterocycles. The second-order valence-corrected chi connectivity index (χ2v) is 8.90. The largest absolute Gasteiger partial charge is 0.396 e. The summed E-state index contributed by atoms with van der Waals surface area (Å²) in [5.74, 6) is -0.865. The molecule has 2 aromatic carbocycles. The van der Waals surface area contributed by atoms with Gasteiger partial charge in [-0.15, -0.1) is 0 Å². The predicted octanol–water partition coefficient (Wildman–Crippen LogP) is 3.48. The fourth-order valence-electron chi connectivity index (χ4n) is 2.97. The zero-order valence-corrected chi connectivity index (χ0v) is 18.4. The molecule has 9 nitrogen and oxygen atoms in total. The first-order chi connectivity index (χ1) is 15.1. The average Bonchev–Trinajstić information content (AvgIpc) is 3.57. The van der Waals surface area contributed by atoms with E-state index in [4.69, 9.17) is 0 Å². The quantitative estimate of drug-likeness (QED) is 0.348. The van der Waals surface area contributed by atoms with E-state index < -0.39 is 16.2 Å². The molecule has 2 aromatic rings. The van der Waals surface area contributed by atoms with Gasteiger partial charge >= 0.3 is 0 Å². The average molecular weight is 441 g/mol. The van der Waals surface area contributed by atoms with E-state index in [1.807, 2.05) is 13.8 Å². The van der Waals surface area contributed by atoms with Crippen LogP contribution in [0.5, 0.6) is 0 Å². The van der Waals surface area contributed by atoms with Crippen LogP contribution in [-0.4, -0.2) is 41.0 Å². The van der Waals surface area contributed by atoms with E-state index in [0.717, 1.165) is 18.4 Å². The minimum Gasteiger partial charge on any atom is -0.396 e. The van der Waals surface area contributed by atoms with Crippen molar-refractivity contribution in [3.63, 3.8) is 0 Å². The zero-order chi connectivity index (χ0) is 23.5. The fraction of sp³-hybridized carbons (Fsp3) is 0.391. The number of nitro benzene ring substituents is 1. The monoisotopic (exact) mass is 440 g/mol. The summed E-state index contributed by atoms with van der Waals surface area (Å²) in [4.78, 5) is 36.2. The van der Waals surface area contributed by atoms with Crippen molar-refractivity contribution in [1.82, 2.24) is 5.32 Å². The lowest BCUT2D eigenvalue weighted by Gasteiger charge is -2.22. The number of nitro groups is 1. The SMILES string of the molecule is Cc1ccc(C(=O)NC2CC2)cc1NC(=O)c1cc(NCC(C)(C)CO)ccc1[N+](=O)[O-]. The highest BCUT2D eigenvalue weighted by Crippen LogP contribution is 2.27. The van der Waals surface area contributed by atoms with E-state index in [-0.39, 0.29) is 29.8 Å². The molecule has 1 fully saturated rings. The fourth-order valence-corrected chi connectivity index (χ4v) is 2.97. The molecular weight excluding hydrogens is 412 g/mol. The van der Waals surface area contributed by atoms with Crippen molar-refractivity contribution in [2.45, 2.75) is 39.7 Å². The van der Waals surface area contributed by atoms with E-state index in [1.165, 1.54) is 18.2 Å². The van der Waals surface area contributed by atoms with E-state index in [2.05, 4.69) is 16.0 Å². The Kier molecular flexibility index (Phi) is 6.78. The summed E-state index contributed by atoms with van der Waals surface area (Å²) in [6.45, 7) is 5.90. The van der Waals surface area contributed by atoms with Gasteiger partial charge in [-0.1, -0.05) is 19.9 Å². The summed E-state index contributed by atoms with van der Waals surface area (Å²) in [6, 6.07) is 9.39. The first kappa shape index (κ1) is 23.2.